The quantitative estimate of drug-likeness (QED) is 0.886. The van der Waals surface area contributed by atoms with E-state index in [2.05, 4.69) is 63.0 Å². The molecule has 2 aromatic rings. The highest BCUT2D eigenvalue weighted by Crippen LogP contribution is 2.30. The molecule has 1 saturated heterocycles. The summed E-state index contributed by atoms with van der Waals surface area (Å²) < 4.78 is 1.16. The average Bonchev–Trinajstić information content (AvgIpc) is 2.86. The number of hydrogen-bond donors (Lipinski definition) is 2. The maximum absolute atomic E-state index is 3.63. The molecule has 1 aliphatic rings. The summed E-state index contributed by atoms with van der Waals surface area (Å²) in [5, 5.41) is 9.56. The minimum atomic E-state index is 0.555. The Hall–Kier alpha value is -1.06. The molecule has 2 nitrogen and oxygen atoms in total. The summed E-state index contributed by atoms with van der Waals surface area (Å²) >= 11 is 3.60. The van der Waals surface area contributed by atoms with Crippen LogP contribution in [-0.2, 0) is 0 Å². The van der Waals surface area contributed by atoms with Gasteiger partial charge in [-0.1, -0.05) is 40.2 Å². The largest absolute Gasteiger partial charge is 0.380 e. The third-order valence-corrected chi connectivity index (χ3v) is 3.98. The summed E-state index contributed by atoms with van der Waals surface area (Å²) in [5.41, 5.74) is 1.23. The van der Waals surface area contributed by atoms with Crippen LogP contribution in [0.15, 0.2) is 40.9 Å². The molecular weight excluding hydrogens is 276 g/mol. The molecule has 1 aliphatic heterocycles. The molecule has 2 N–H and O–H groups in total. The van der Waals surface area contributed by atoms with Gasteiger partial charge in [0.2, 0.25) is 0 Å². The predicted molar refractivity (Wildman–Crippen MR) is 76.5 cm³/mol. The molecule has 0 bridgehead atoms. The van der Waals surface area contributed by atoms with Gasteiger partial charge in [-0.05, 0) is 30.5 Å². The zero-order chi connectivity index (χ0) is 11.7. The van der Waals surface area contributed by atoms with E-state index in [1.165, 1.54) is 22.9 Å². The Labute approximate surface area is 110 Å². The van der Waals surface area contributed by atoms with Gasteiger partial charge < -0.3 is 10.6 Å². The Morgan fingerprint density at radius 2 is 1.94 bits per heavy atom. The minimum absolute atomic E-state index is 0.555. The SMILES string of the molecule is Brc1ccc(NC2CCNC2)c2ccccc12. The molecular formula is C14H15BrN2. The summed E-state index contributed by atoms with van der Waals surface area (Å²) in [4.78, 5) is 0. The molecule has 1 fully saturated rings. The number of halogens is 1. The third-order valence-electron chi connectivity index (χ3n) is 3.29. The van der Waals surface area contributed by atoms with E-state index in [9.17, 15) is 0 Å². The molecule has 2 aromatic carbocycles. The molecule has 0 aliphatic carbocycles. The lowest BCUT2D eigenvalue weighted by atomic mass is 10.1. The maximum Gasteiger partial charge on any atom is 0.0423 e. The van der Waals surface area contributed by atoms with Crippen molar-refractivity contribution in [3.05, 3.63) is 40.9 Å². The minimum Gasteiger partial charge on any atom is -0.380 e. The monoisotopic (exact) mass is 290 g/mol. The fourth-order valence-corrected chi connectivity index (χ4v) is 2.86. The molecule has 3 rings (SSSR count). The second kappa shape index (κ2) is 4.67. The van der Waals surface area contributed by atoms with Gasteiger partial charge in [0.25, 0.3) is 0 Å². The van der Waals surface area contributed by atoms with Gasteiger partial charge in [-0.3, -0.25) is 0 Å². The highest BCUT2D eigenvalue weighted by molar-refractivity contribution is 9.10. The molecule has 0 spiro atoms. The van der Waals surface area contributed by atoms with Gasteiger partial charge in [-0.25, -0.2) is 0 Å². The summed E-state index contributed by atoms with van der Waals surface area (Å²) in [6.07, 6.45) is 1.20. The smallest absolute Gasteiger partial charge is 0.0423 e. The number of benzene rings is 2. The van der Waals surface area contributed by atoms with Gasteiger partial charge >= 0.3 is 0 Å². The van der Waals surface area contributed by atoms with Crippen LogP contribution in [0.25, 0.3) is 10.8 Å². The second-order valence-electron chi connectivity index (χ2n) is 4.47. The predicted octanol–water partition coefficient (Wildman–Crippen LogP) is 3.38. The van der Waals surface area contributed by atoms with Crippen LogP contribution in [0.3, 0.4) is 0 Å². The first kappa shape index (κ1) is 11.1. The van der Waals surface area contributed by atoms with Crippen molar-refractivity contribution >= 4 is 32.4 Å². The van der Waals surface area contributed by atoms with Gasteiger partial charge in [0.15, 0.2) is 0 Å². The van der Waals surface area contributed by atoms with E-state index in [1.54, 1.807) is 0 Å². The van der Waals surface area contributed by atoms with Crippen molar-refractivity contribution in [3.8, 4) is 0 Å². The van der Waals surface area contributed by atoms with Gasteiger partial charge in [-0.2, -0.15) is 0 Å². The average molecular weight is 291 g/mol. The van der Waals surface area contributed by atoms with Crippen molar-refractivity contribution in [3.63, 3.8) is 0 Å². The first-order valence-electron chi connectivity index (χ1n) is 5.99. The normalized spacial score (nSPS) is 19.7. The molecule has 3 heteroatoms. The molecule has 0 amide bonds. The Morgan fingerprint density at radius 1 is 1.12 bits per heavy atom. The highest BCUT2D eigenvalue weighted by Gasteiger charge is 2.15. The summed E-state index contributed by atoms with van der Waals surface area (Å²) in [6.45, 7) is 2.18. The van der Waals surface area contributed by atoms with Crippen molar-refractivity contribution in [1.29, 1.82) is 0 Å². The van der Waals surface area contributed by atoms with Crippen LogP contribution in [0.4, 0.5) is 5.69 Å². The van der Waals surface area contributed by atoms with Crippen LogP contribution in [0.1, 0.15) is 6.42 Å². The van der Waals surface area contributed by atoms with Crippen LogP contribution < -0.4 is 10.6 Å². The van der Waals surface area contributed by atoms with Crippen molar-refractivity contribution in [2.45, 2.75) is 12.5 Å². The summed E-state index contributed by atoms with van der Waals surface area (Å²) in [6, 6.07) is 13.3. The van der Waals surface area contributed by atoms with Crippen molar-refractivity contribution < 1.29 is 0 Å². The molecule has 0 radical (unpaired) electrons. The van der Waals surface area contributed by atoms with Gasteiger partial charge in [0.05, 0.1) is 0 Å². The van der Waals surface area contributed by atoms with E-state index in [4.69, 9.17) is 0 Å². The summed E-state index contributed by atoms with van der Waals surface area (Å²) in [5.74, 6) is 0. The lowest BCUT2D eigenvalue weighted by molar-refractivity contribution is 0.794. The zero-order valence-electron chi connectivity index (χ0n) is 9.54. The first-order chi connectivity index (χ1) is 8.34. The van der Waals surface area contributed by atoms with Crippen LogP contribution in [0.5, 0.6) is 0 Å². The summed E-state index contributed by atoms with van der Waals surface area (Å²) in [7, 11) is 0. The number of rotatable bonds is 2. The first-order valence-corrected chi connectivity index (χ1v) is 6.78. The van der Waals surface area contributed by atoms with Crippen molar-refractivity contribution in [2.24, 2.45) is 0 Å². The molecule has 1 atom stereocenters. The Kier molecular flexibility index (Phi) is 3.04. The number of nitrogens with one attached hydrogen (secondary N) is 2. The zero-order valence-corrected chi connectivity index (χ0v) is 11.1. The number of fused-ring (bicyclic) bond motifs is 1. The fourth-order valence-electron chi connectivity index (χ4n) is 2.39. The third kappa shape index (κ3) is 2.17. The van der Waals surface area contributed by atoms with Gasteiger partial charge in [0, 0.05) is 28.1 Å². The second-order valence-corrected chi connectivity index (χ2v) is 5.33. The van der Waals surface area contributed by atoms with Crippen molar-refractivity contribution in [1.82, 2.24) is 5.32 Å². The van der Waals surface area contributed by atoms with E-state index in [0.29, 0.717) is 6.04 Å². The number of hydrogen-bond acceptors (Lipinski definition) is 2. The lowest BCUT2D eigenvalue weighted by Gasteiger charge is -2.15. The van der Waals surface area contributed by atoms with E-state index in [0.717, 1.165) is 17.6 Å². The van der Waals surface area contributed by atoms with Crippen molar-refractivity contribution in [2.75, 3.05) is 18.4 Å². The molecule has 0 saturated carbocycles. The van der Waals surface area contributed by atoms with Gasteiger partial charge in [-0.15, -0.1) is 0 Å². The fraction of sp³-hybridized carbons (Fsp3) is 0.286. The van der Waals surface area contributed by atoms with Crippen LogP contribution in [0, 0.1) is 0 Å². The van der Waals surface area contributed by atoms with E-state index in [-0.39, 0.29) is 0 Å². The van der Waals surface area contributed by atoms with E-state index >= 15 is 0 Å². The van der Waals surface area contributed by atoms with Crippen LogP contribution >= 0.6 is 15.9 Å². The van der Waals surface area contributed by atoms with Crippen LogP contribution in [0.2, 0.25) is 0 Å². The van der Waals surface area contributed by atoms with E-state index in [1.807, 2.05) is 0 Å². The highest BCUT2D eigenvalue weighted by atomic mass is 79.9. The Balaban J connectivity index is 2.01. The molecule has 88 valence electrons. The Bertz CT molecular complexity index is 533. The standard InChI is InChI=1S/C14H15BrN2/c15-13-5-6-14(17-10-7-8-16-9-10)12-4-2-1-3-11(12)13/h1-6,10,16-17H,7-9H2. The Morgan fingerprint density at radius 3 is 2.71 bits per heavy atom. The number of anilines is 1. The molecule has 17 heavy (non-hydrogen) atoms. The topological polar surface area (TPSA) is 24.1 Å². The van der Waals surface area contributed by atoms with Gasteiger partial charge in [0.1, 0.15) is 0 Å². The molecule has 1 unspecified atom stereocenters. The maximum atomic E-state index is 3.63. The molecule has 1 heterocycles. The lowest BCUT2D eigenvalue weighted by Crippen LogP contribution is -2.22. The van der Waals surface area contributed by atoms with E-state index < -0.39 is 0 Å². The molecule has 0 aromatic heterocycles. The van der Waals surface area contributed by atoms with Crippen LogP contribution in [-0.4, -0.2) is 19.1 Å².